The molecule has 5 heteroatoms. The number of hydrogen-bond donors (Lipinski definition) is 0. The van der Waals surface area contributed by atoms with Crippen molar-refractivity contribution in [3.05, 3.63) is 42.1 Å². The molecule has 0 amide bonds. The lowest BCUT2D eigenvalue weighted by atomic mass is 9.79. The molecule has 1 aromatic carbocycles. The summed E-state index contributed by atoms with van der Waals surface area (Å²) >= 11 is 0. The molecule has 2 fully saturated rings. The van der Waals surface area contributed by atoms with E-state index in [4.69, 9.17) is 14.5 Å². The number of epoxide rings is 1. The molecule has 0 N–H and O–H groups in total. The third-order valence-corrected chi connectivity index (χ3v) is 7.87. The molecule has 0 radical (unpaired) electrons. The van der Waals surface area contributed by atoms with Crippen LogP contribution in [0.25, 0.3) is 10.9 Å². The first-order valence-electron chi connectivity index (χ1n) is 12.4. The third-order valence-electron chi connectivity index (χ3n) is 7.87. The molecular weight excluding hydrogens is 414 g/mol. The smallest absolute Gasteiger partial charge is 0.305 e. The second kappa shape index (κ2) is 9.17. The number of hydrogen-bond acceptors (Lipinski definition) is 5. The van der Waals surface area contributed by atoms with Crippen LogP contribution in [0.3, 0.4) is 0 Å². The largest absolute Gasteiger partial charge is 0.466 e. The van der Waals surface area contributed by atoms with Gasteiger partial charge in [-0.05, 0) is 44.2 Å². The van der Waals surface area contributed by atoms with Crippen LogP contribution in [0.2, 0.25) is 0 Å². The Morgan fingerprint density at radius 3 is 2.55 bits per heavy atom. The van der Waals surface area contributed by atoms with Gasteiger partial charge in [0.1, 0.15) is 17.0 Å². The SMILES string of the molecule is CC1CCCC2(C)OC2(c2ccc3ccccc3n2)CCOC(=O)CCC(C)(C)C(=O)CC1. The second-order valence-corrected chi connectivity index (χ2v) is 10.9. The number of ketones is 1. The molecule has 0 bridgehead atoms. The molecule has 5 nitrogen and oxygen atoms in total. The zero-order chi connectivity index (χ0) is 23.7. The summed E-state index contributed by atoms with van der Waals surface area (Å²) in [5.41, 5.74) is 0.508. The average molecular weight is 452 g/mol. The van der Waals surface area contributed by atoms with Crippen molar-refractivity contribution in [1.82, 2.24) is 4.98 Å². The van der Waals surface area contributed by atoms with E-state index < -0.39 is 11.0 Å². The van der Waals surface area contributed by atoms with E-state index in [1.54, 1.807) is 0 Å². The minimum atomic E-state index is -0.535. The van der Waals surface area contributed by atoms with E-state index in [2.05, 4.69) is 32.0 Å². The quantitative estimate of drug-likeness (QED) is 0.385. The van der Waals surface area contributed by atoms with E-state index in [9.17, 15) is 9.59 Å². The molecule has 1 aromatic heterocycles. The molecule has 0 saturated carbocycles. The highest BCUT2D eigenvalue weighted by atomic mass is 16.6. The van der Waals surface area contributed by atoms with Crippen LogP contribution in [-0.2, 0) is 24.7 Å². The standard InChI is InChI=1S/C28H37NO4/c1-20-8-7-16-27(4)28(33-27,23-13-12-21-9-5-6-10-22(21)29-23)18-19-32-25(31)15-17-26(2,3)24(30)14-11-20/h5-6,9-10,12-13,20H,7-8,11,14-19H2,1-4H3. The molecule has 2 aliphatic heterocycles. The minimum Gasteiger partial charge on any atom is -0.466 e. The van der Waals surface area contributed by atoms with Gasteiger partial charge in [-0.2, -0.15) is 0 Å². The first-order chi connectivity index (χ1) is 15.7. The summed E-state index contributed by atoms with van der Waals surface area (Å²) in [6.45, 7) is 8.56. The summed E-state index contributed by atoms with van der Waals surface area (Å²) in [6.07, 6.45) is 5.84. The van der Waals surface area contributed by atoms with Crippen LogP contribution in [-0.4, -0.2) is 28.9 Å². The molecule has 0 spiro atoms. The van der Waals surface area contributed by atoms with Crippen molar-refractivity contribution < 1.29 is 19.1 Å². The lowest BCUT2D eigenvalue weighted by molar-refractivity contribution is -0.145. The van der Waals surface area contributed by atoms with Gasteiger partial charge in [-0.25, -0.2) is 4.98 Å². The summed E-state index contributed by atoms with van der Waals surface area (Å²) in [5, 5.41) is 1.10. The highest BCUT2D eigenvalue weighted by molar-refractivity contribution is 5.84. The van der Waals surface area contributed by atoms with Gasteiger partial charge in [-0.3, -0.25) is 9.59 Å². The van der Waals surface area contributed by atoms with Crippen LogP contribution in [0.1, 0.15) is 84.8 Å². The maximum absolute atomic E-state index is 12.7. The summed E-state index contributed by atoms with van der Waals surface area (Å²) in [7, 11) is 0. The maximum Gasteiger partial charge on any atom is 0.305 e. The van der Waals surface area contributed by atoms with Crippen LogP contribution in [0, 0.1) is 11.3 Å². The highest BCUT2D eigenvalue weighted by Crippen LogP contribution is 2.60. The normalized spacial score (nSPS) is 31.6. The lowest BCUT2D eigenvalue weighted by Crippen LogP contribution is -2.27. The van der Waals surface area contributed by atoms with Crippen LogP contribution in [0.15, 0.2) is 36.4 Å². The number of Topliss-reactive ketones (excluding diaryl/α,β-unsaturated/α-hetero) is 1. The number of esters is 1. The minimum absolute atomic E-state index is 0.244. The Labute approximate surface area is 197 Å². The number of nitrogens with zero attached hydrogens (tertiary/aromatic N) is 1. The molecule has 3 heterocycles. The maximum atomic E-state index is 12.7. The third kappa shape index (κ3) is 4.98. The van der Waals surface area contributed by atoms with E-state index >= 15 is 0 Å². The van der Waals surface area contributed by atoms with Gasteiger partial charge in [0, 0.05) is 30.1 Å². The van der Waals surface area contributed by atoms with Gasteiger partial charge in [0.15, 0.2) is 0 Å². The number of rotatable bonds is 1. The summed E-state index contributed by atoms with van der Waals surface area (Å²) < 4.78 is 12.1. The number of aromatic nitrogens is 1. The van der Waals surface area contributed by atoms with Gasteiger partial charge in [0.25, 0.3) is 0 Å². The van der Waals surface area contributed by atoms with E-state index in [0.29, 0.717) is 25.2 Å². The van der Waals surface area contributed by atoms with Crippen molar-refractivity contribution in [3.8, 4) is 0 Å². The van der Waals surface area contributed by atoms with E-state index in [1.165, 1.54) is 0 Å². The first kappa shape index (κ1) is 23.9. The number of para-hydroxylation sites is 1. The van der Waals surface area contributed by atoms with Crippen molar-refractivity contribution in [2.24, 2.45) is 11.3 Å². The number of carbonyl (C=O) groups is 2. The molecule has 0 aliphatic carbocycles. The summed E-state index contributed by atoms with van der Waals surface area (Å²) in [6, 6.07) is 12.3. The molecule has 2 saturated heterocycles. The molecule has 4 rings (SSSR count). The highest BCUT2D eigenvalue weighted by Gasteiger charge is 2.67. The van der Waals surface area contributed by atoms with Crippen LogP contribution < -0.4 is 0 Å². The van der Waals surface area contributed by atoms with Crippen LogP contribution in [0.5, 0.6) is 0 Å². The van der Waals surface area contributed by atoms with Gasteiger partial charge in [0.05, 0.1) is 17.8 Å². The Morgan fingerprint density at radius 2 is 1.73 bits per heavy atom. The second-order valence-electron chi connectivity index (χ2n) is 10.9. The van der Waals surface area contributed by atoms with Gasteiger partial charge in [-0.1, -0.05) is 57.9 Å². The van der Waals surface area contributed by atoms with Gasteiger partial charge in [0.2, 0.25) is 0 Å². The fraction of sp³-hybridized carbons (Fsp3) is 0.607. The molecule has 3 atom stereocenters. The molecule has 33 heavy (non-hydrogen) atoms. The molecule has 3 unspecified atom stereocenters. The van der Waals surface area contributed by atoms with Gasteiger partial charge >= 0.3 is 5.97 Å². The van der Waals surface area contributed by atoms with Crippen LogP contribution >= 0.6 is 0 Å². The number of ether oxygens (including phenoxy) is 2. The number of fused-ring (bicyclic) bond motifs is 2. The van der Waals surface area contributed by atoms with E-state index in [1.807, 2.05) is 32.0 Å². The molecule has 178 valence electrons. The lowest BCUT2D eigenvalue weighted by Gasteiger charge is -2.24. The Bertz CT molecular complexity index is 1030. The molecule has 2 aromatic rings. The first-order valence-corrected chi connectivity index (χ1v) is 12.4. The van der Waals surface area contributed by atoms with Gasteiger partial charge in [-0.15, -0.1) is 0 Å². The zero-order valence-corrected chi connectivity index (χ0v) is 20.5. The Morgan fingerprint density at radius 1 is 0.939 bits per heavy atom. The number of pyridine rings is 1. The number of cyclic esters (lactones) is 1. The van der Waals surface area contributed by atoms with E-state index in [0.717, 1.165) is 42.3 Å². The zero-order valence-electron chi connectivity index (χ0n) is 20.5. The number of carbonyl (C=O) groups excluding carboxylic acids is 2. The molecular formula is C28H37NO4. The topological polar surface area (TPSA) is 68.8 Å². The van der Waals surface area contributed by atoms with Crippen molar-refractivity contribution in [3.63, 3.8) is 0 Å². The average Bonchev–Trinajstić information content (AvgIpc) is 3.39. The Balaban J connectivity index is 1.55. The van der Waals surface area contributed by atoms with Gasteiger partial charge < -0.3 is 9.47 Å². The van der Waals surface area contributed by atoms with Crippen molar-refractivity contribution in [2.45, 2.75) is 90.3 Å². The van der Waals surface area contributed by atoms with Crippen molar-refractivity contribution >= 4 is 22.7 Å². The Kier molecular flexibility index (Phi) is 6.63. The van der Waals surface area contributed by atoms with Crippen molar-refractivity contribution in [1.29, 1.82) is 0 Å². The van der Waals surface area contributed by atoms with Crippen LogP contribution in [0.4, 0.5) is 0 Å². The number of benzene rings is 1. The fourth-order valence-corrected chi connectivity index (χ4v) is 5.25. The molecule has 2 aliphatic rings. The van der Waals surface area contributed by atoms with E-state index in [-0.39, 0.29) is 30.4 Å². The predicted molar refractivity (Wildman–Crippen MR) is 129 cm³/mol. The Hall–Kier alpha value is -2.27. The monoisotopic (exact) mass is 451 g/mol. The summed E-state index contributed by atoms with van der Waals surface area (Å²) in [5.74, 6) is 0.478. The predicted octanol–water partition coefficient (Wildman–Crippen LogP) is 6.13. The van der Waals surface area contributed by atoms with Crippen molar-refractivity contribution in [2.75, 3.05) is 6.61 Å². The summed E-state index contributed by atoms with van der Waals surface area (Å²) in [4.78, 5) is 30.1. The fourth-order valence-electron chi connectivity index (χ4n) is 5.25.